The van der Waals surface area contributed by atoms with E-state index in [2.05, 4.69) is 0 Å². The molecule has 0 bridgehead atoms. The van der Waals surface area contributed by atoms with Gasteiger partial charge in [-0.15, -0.1) is 0 Å². The van der Waals surface area contributed by atoms with Gasteiger partial charge in [-0.25, -0.2) is 4.79 Å². The molecule has 1 N–H and O–H groups in total. The number of carbonyl (C=O) groups is 1. The van der Waals surface area contributed by atoms with Gasteiger partial charge in [0.1, 0.15) is 6.10 Å². The van der Waals surface area contributed by atoms with Crippen molar-refractivity contribution in [2.75, 3.05) is 13.1 Å². The molecule has 2 aliphatic rings. The largest absolute Gasteiger partial charge is 0.443 e. The summed E-state index contributed by atoms with van der Waals surface area (Å²) >= 11 is 0. The fourth-order valence-corrected chi connectivity index (χ4v) is 2.15. The van der Waals surface area contributed by atoms with Crippen LogP contribution in [0.2, 0.25) is 0 Å². The van der Waals surface area contributed by atoms with Crippen molar-refractivity contribution in [1.82, 2.24) is 4.90 Å². The summed E-state index contributed by atoms with van der Waals surface area (Å²) in [4.78, 5) is 13.3. The molecule has 2 fully saturated rings. The summed E-state index contributed by atoms with van der Waals surface area (Å²) in [5, 5.41) is 9.48. The van der Waals surface area contributed by atoms with Crippen molar-refractivity contribution in [2.45, 2.75) is 44.3 Å². The van der Waals surface area contributed by atoms with E-state index in [1.165, 1.54) is 0 Å². The predicted molar refractivity (Wildman–Crippen MR) is 50.9 cm³/mol. The van der Waals surface area contributed by atoms with E-state index in [9.17, 15) is 9.90 Å². The maximum absolute atomic E-state index is 11.5. The number of ether oxygens (including phenoxy) is 1. The molecule has 4 heteroatoms. The van der Waals surface area contributed by atoms with Gasteiger partial charge in [0.25, 0.3) is 0 Å². The van der Waals surface area contributed by atoms with Crippen LogP contribution in [0.3, 0.4) is 0 Å². The maximum atomic E-state index is 11.5. The summed E-state index contributed by atoms with van der Waals surface area (Å²) in [6.07, 6.45) is 3.72. The van der Waals surface area contributed by atoms with Crippen molar-refractivity contribution >= 4 is 6.09 Å². The third-order valence-corrected chi connectivity index (χ3v) is 3.03. The van der Waals surface area contributed by atoms with Gasteiger partial charge in [0.2, 0.25) is 0 Å². The van der Waals surface area contributed by atoms with Crippen LogP contribution >= 0.6 is 0 Å². The molecule has 1 aliphatic heterocycles. The minimum atomic E-state index is -0.443. The lowest BCUT2D eigenvalue weighted by Gasteiger charge is -2.20. The summed E-state index contributed by atoms with van der Waals surface area (Å²) in [6.45, 7) is 1.61. The second-order valence-electron chi connectivity index (χ2n) is 4.11. The highest BCUT2D eigenvalue weighted by Gasteiger charge is 2.30. The zero-order valence-corrected chi connectivity index (χ0v) is 8.32. The van der Waals surface area contributed by atoms with Crippen molar-refractivity contribution in [1.29, 1.82) is 0 Å². The Morgan fingerprint density at radius 2 is 1.93 bits per heavy atom. The zero-order chi connectivity index (χ0) is 9.97. The molecule has 14 heavy (non-hydrogen) atoms. The first-order valence-electron chi connectivity index (χ1n) is 5.41. The monoisotopic (exact) mass is 199 g/mol. The van der Waals surface area contributed by atoms with Crippen molar-refractivity contribution in [3.8, 4) is 0 Å². The summed E-state index contributed by atoms with van der Waals surface area (Å²) in [6, 6.07) is 0. The van der Waals surface area contributed by atoms with Crippen molar-refractivity contribution < 1.29 is 14.6 Å². The van der Waals surface area contributed by atoms with Gasteiger partial charge in [-0.1, -0.05) is 0 Å². The number of likely N-dealkylation sites (tertiary alicyclic amines) is 1. The Bertz CT molecular complexity index is 213. The third-order valence-electron chi connectivity index (χ3n) is 3.03. The highest BCUT2D eigenvalue weighted by molar-refractivity contribution is 5.68. The average molecular weight is 199 g/mol. The Balaban J connectivity index is 1.81. The van der Waals surface area contributed by atoms with E-state index in [-0.39, 0.29) is 12.2 Å². The lowest BCUT2D eigenvalue weighted by atomic mass is 10.3. The first-order chi connectivity index (χ1) is 6.77. The topological polar surface area (TPSA) is 49.8 Å². The second-order valence-corrected chi connectivity index (χ2v) is 4.11. The molecule has 4 nitrogen and oxygen atoms in total. The van der Waals surface area contributed by atoms with E-state index >= 15 is 0 Å². The SMILES string of the molecule is O=C(O[C@@H]1CCC[C@@H]1O)N1CCCC1. The highest BCUT2D eigenvalue weighted by Crippen LogP contribution is 2.23. The van der Waals surface area contributed by atoms with Gasteiger partial charge in [0.05, 0.1) is 6.10 Å². The smallest absolute Gasteiger partial charge is 0.410 e. The molecule has 80 valence electrons. The van der Waals surface area contributed by atoms with Gasteiger partial charge < -0.3 is 14.7 Å². The van der Waals surface area contributed by atoms with Gasteiger partial charge in [-0.2, -0.15) is 0 Å². The lowest BCUT2D eigenvalue weighted by molar-refractivity contribution is 0.00811. The Kier molecular flexibility index (Phi) is 2.91. The number of rotatable bonds is 1. The van der Waals surface area contributed by atoms with Gasteiger partial charge in [0.15, 0.2) is 0 Å². The number of carbonyl (C=O) groups excluding carboxylic acids is 1. The molecule has 2 rings (SSSR count). The average Bonchev–Trinajstić information content (AvgIpc) is 2.77. The fraction of sp³-hybridized carbons (Fsp3) is 0.900. The van der Waals surface area contributed by atoms with Crippen LogP contribution in [-0.2, 0) is 4.74 Å². The minimum Gasteiger partial charge on any atom is -0.443 e. The van der Waals surface area contributed by atoms with Crippen LogP contribution in [0.1, 0.15) is 32.1 Å². The molecule has 0 aromatic carbocycles. The van der Waals surface area contributed by atoms with E-state index in [0.717, 1.165) is 45.2 Å². The van der Waals surface area contributed by atoms with Gasteiger partial charge >= 0.3 is 6.09 Å². The number of nitrogens with zero attached hydrogens (tertiary/aromatic N) is 1. The van der Waals surface area contributed by atoms with Crippen LogP contribution in [0, 0.1) is 0 Å². The number of aliphatic hydroxyl groups is 1. The molecule has 1 aliphatic carbocycles. The van der Waals surface area contributed by atoms with E-state index in [1.807, 2.05) is 0 Å². The first-order valence-corrected chi connectivity index (χ1v) is 5.41. The van der Waals surface area contributed by atoms with Gasteiger partial charge in [-0.3, -0.25) is 0 Å². The molecule has 1 heterocycles. The summed E-state index contributed by atoms with van der Waals surface area (Å²) < 4.78 is 5.24. The lowest BCUT2D eigenvalue weighted by Crippen LogP contribution is -2.34. The first kappa shape index (κ1) is 9.77. The molecule has 2 atom stereocenters. The summed E-state index contributed by atoms with van der Waals surface area (Å²) in [5.41, 5.74) is 0. The molecule has 1 amide bonds. The standard InChI is InChI=1S/C10H17NO3/c12-8-4-3-5-9(8)14-10(13)11-6-1-2-7-11/h8-9,12H,1-7H2/t8-,9+/m0/s1. The molecular weight excluding hydrogens is 182 g/mol. The van der Waals surface area contributed by atoms with E-state index in [4.69, 9.17) is 4.74 Å². The molecule has 0 spiro atoms. The fourth-order valence-electron chi connectivity index (χ4n) is 2.15. The molecule has 1 saturated heterocycles. The second kappa shape index (κ2) is 4.17. The van der Waals surface area contributed by atoms with Gasteiger partial charge in [-0.05, 0) is 32.1 Å². The van der Waals surface area contributed by atoms with E-state index in [1.54, 1.807) is 4.90 Å². The normalized spacial score (nSPS) is 32.2. The van der Waals surface area contributed by atoms with Crippen molar-refractivity contribution in [3.05, 3.63) is 0 Å². The summed E-state index contributed by atoms with van der Waals surface area (Å²) in [5.74, 6) is 0. The van der Waals surface area contributed by atoms with Crippen molar-refractivity contribution in [2.24, 2.45) is 0 Å². The van der Waals surface area contributed by atoms with Crippen LogP contribution in [0.25, 0.3) is 0 Å². The number of aliphatic hydroxyl groups excluding tert-OH is 1. The zero-order valence-electron chi connectivity index (χ0n) is 8.32. The highest BCUT2D eigenvalue weighted by atomic mass is 16.6. The maximum Gasteiger partial charge on any atom is 0.410 e. The molecular formula is C10H17NO3. The Morgan fingerprint density at radius 3 is 2.50 bits per heavy atom. The quantitative estimate of drug-likeness (QED) is 0.688. The number of amides is 1. The van der Waals surface area contributed by atoms with Crippen LogP contribution in [-0.4, -0.2) is 41.4 Å². The van der Waals surface area contributed by atoms with Crippen LogP contribution < -0.4 is 0 Å². The number of hydrogen-bond acceptors (Lipinski definition) is 3. The Labute approximate surface area is 83.8 Å². The molecule has 1 saturated carbocycles. The number of hydrogen-bond donors (Lipinski definition) is 1. The summed E-state index contributed by atoms with van der Waals surface area (Å²) in [7, 11) is 0. The van der Waals surface area contributed by atoms with E-state index in [0.29, 0.717) is 0 Å². The van der Waals surface area contributed by atoms with Crippen LogP contribution in [0.5, 0.6) is 0 Å². The molecule has 0 radical (unpaired) electrons. The third kappa shape index (κ3) is 2.00. The van der Waals surface area contributed by atoms with E-state index < -0.39 is 6.10 Å². The van der Waals surface area contributed by atoms with Gasteiger partial charge in [0, 0.05) is 13.1 Å². The van der Waals surface area contributed by atoms with Crippen LogP contribution in [0.4, 0.5) is 4.79 Å². The van der Waals surface area contributed by atoms with Crippen molar-refractivity contribution in [3.63, 3.8) is 0 Å². The molecule has 0 unspecified atom stereocenters. The molecule has 0 aromatic heterocycles. The predicted octanol–water partition coefficient (Wildman–Crippen LogP) is 1.13. The molecule has 0 aromatic rings. The minimum absolute atomic E-state index is 0.242. The van der Waals surface area contributed by atoms with Crippen LogP contribution in [0.15, 0.2) is 0 Å². The Hall–Kier alpha value is -0.770. The Morgan fingerprint density at radius 1 is 1.21 bits per heavy atom.